The monoisotopic (exact) mass is 224 g/mol. The van der Waals surface area contributed by atoms with Crippen LogP contribution in [-0.2, 0) is 0 Å². The van der Waals surface area contributed by atoms with Crippen molar-refractivity contribution in [2.45, 2.75) is 12.5 Å². The van der Waals surface area contributed by atoms with Gasteiger partial charge in [0.2, 0.25) is 0 Å². The first-order valence-corrected chi connectivity index (χ1v) is 5.17. The summed E-state index contributed by atoms with van der Waals surface area (Å²) in [4.78, 5) is 11.7. The Kier molecular flexibility index (Phi) is 3.05. The average Bonchev–Trinajstić information content (AvgIpc) is 2.70. The molecule has 16 heavy (non-hydrogen) atoms. The van der Waals surface area contributed by atoms with Gasteiger partial charge in [0, 0.05) is 12.6 Å². The van der Waals surface area contributed by atoms with E-state index < -0.39 is 11.7 Å². The van der Waals surface area contributed by atoms with Crippen LogP contribution in [0.25, 0.3) is 0 Å². The number of benzene rings is 1. The molecule has 1 aliphatic rings. The molecule has 1 aromatic carbocycles. The number of hydrogen-bond acceptors (Lipinski definition) is 3. The highest BCUT2D eigenvalue weighted by molar-refractivity contribution is 5.97. The van der Waals surface area contributed by atoms with E-state index >= 15 is 0 Å². The molecule has 1 fully saturated rings. The maximum absolute atomic E-state index is 13.3. The molecule has 3 N–H and O–H groups in total. The SMILES string of the molecule is O=C(NC1CCNC1)c1c(O)cccc1F. The summed E-state index contributed by atoms with van der Waals surface area (Å²) in [7, 11) is 0. The van der Waals surface area contributed by atoms with E-state index in [1.807, 2.05) is 0 Å². The van der Waals surface area contributed by atoms with Crippen LogP contribution in [0.5, 0.6) is 5.75 Å². The second kappa shape index (κ2) is 4.49. The number of aromatic hydroxyl groups is 1. The molecule has 1 aromatic rings. The lowest BCUT2D eigenvalue weighted by molar-refractivity contribution is 0.0933. The van der Waals surface area contributed by atoms with Gasteiger partial charge in [0.1, 0.15) is 17.1 Å². The van der Waals surface area contributed by atoms with Crippen LogP contribution in [0.2, 0.25) is 0 Å². The van der Waals surface area contributed by atoms with Crippen molar-refractivity contribution in [1.82, 2.24) is 10.6 Å². The van der Waals surface area contributed by atoms with Crippen molar-refractivity contribution in [2.24, 2.45) is 0 Å². The molecule has 4 nitrogen and oxygen atoms in total. The highest BCUT2D eigenvalue weighted by Gasteiger charge is 2.21. The van der Waals surface area contributed by atoms with E-state index in [0.717, 1.165) is 19.0 Å². The zero-order valence-corrected chi connectivity index (χ0v) is 8.66. The molecule has 1 amide bonds. The fraction of sp³-hybridized carbons (Fsp3) is 0.364. The first kappa shape index (κ1) is 10.9. The van der Waals surface area contributed by atoms with Crippen molar-refractivity contribution in [2.75, 3.05) is 13.1 Å². The van der Waals surface area contributed by atoms with Crippen molar-refractivity contribution in [3.05, 3.63) is 29.6 Å². The Hall–Kier alpha value is -1.62. The molecule has 1 heterocycles. The van der Waals surface area contributed by atoms with E-state index in [1.165, 1.54) is 12.1 Å². The minimum Gasteiger partial charge on any atom is -0.507 e. The Bertz CT molecular complexity index is 383. The molecule has 0 spiro atoms. The normalized spacial score (nSPS) is 19.7. The number of carbonyl (C=O) groups is 1. The van der Waals surface area contributed by atoms with Crippen molar-refractivity contribution in [1.29, 1.82) is 0 Å². The maximum Gasteiger partial charge on any atom is 0.258 e. The predicted molar refractivity (Wildman–Crippen MR) is 56.8 cm³/mol. The zero-order chi connectivity index (χ0) is 11.5. The van der Waals surface area contributed by atoms with E-state index in [0.29, 0.717) is 6.54 Å². The predicted octanol–water partition coefficient (Wildman–Crippen LogP) is 0.623. The van der Waals surface area contributed by atoms with Gasteiger partial charge in [-0.1, -0.05) is 6.07 Å². The van der Waals surface area contributed by atoms with Gasteiger partial charge in [-0.2, -0.15) is 0 Å². The minimum absolute atomic E-state index is 0.00602. The van der Waals surface area contributed by atoms with Crippen molar-refractivity contribution in [3.63, 3.8) is 0 Å². The van der Waals surface area contributed by atoms with Gasteiger partial charge in [-0.05, 0) is 25.1 Å². The van der Waals surface area contributed by atoms with E-state index in [2.05, 4.69) is 10.6 Å². The zero-order valence-electron chi connectivity index (χ0n) is 8.66. The van der Waals surface area contributed by atoms with Crippen molar-refractivity contribution < 1.29 is 14.3 Å². The van der Waals surface area contributed by atoms with Crippen molar-refractivity contribution in [3.8, 4) is 5.75 Å². The van der Waals surface area contributed by atoms with Gasteiger partial charge in [0.05, 0.1) is 0 Å². The molecule has 0 saturated carbocycles. The van der Waals surface area contributed by atoms with Crippen LogP contribution in [0.4, 0.5) is 4.39 Å². The Morgan fingerprint density at radius 3 is 3.00 bits per heavy atom. The summed E-state index contributed by atoms with van der Waals surface area (Å²) in [5.41, 5.74) is -0.283. The molecule has 1 aliphatic heterocycles. The molecule has 5 heteroatoms. The number of halogens is 1. The number of rotatable bonds is 2. The summed E-state index contributed by atoms with van der Waals surface area (Å²) in [6, 6.07) is 3.82. The fourth-order valence-corrected chi connectivity index (χ4v) is 1.77. The van der Waals surface area contributed by atoms with Crippen molar-refractivity contribution >= 4 is 5.91 Å². The summed E-state index contributed by atoms with van der Waals surface area (Å²) in [6.07, 6.45) is 0.820. The first-order valence-electron chi connectivity index (χ1n) is 5.17. The van der Waals surface area contributed by atoms with E-state index in [4.69, 9.17) is 0 Å². The third-order valence-corrected chi connectivity index (χ3v) is 2.61. The van der Waals surface area contributed by atoms with Gasteiger partial charge in [-0.3, -0.25) is 4.79 Å². The standard InChI is InChI=1S/C11H13FN2O2/c12-8-2-1-3-9(15)10(8)11(16)14-7-4-5-13-6-7/h1-3,7,13,15H,4-6H2,(H,14,16). The number of phenolic OH excluding ortho intramolecular Hbond substituents is 1. The molecular weight excluding hydrogens is 211 g/mol. The van der Waals surface area contributed by atoms with E-state index in [9.17, 15) is 14.3 Å². The van der Waals surface area contributed by atoms with Crippen LogP contribution < -0.4 is 10.6 Å². The Labute approximate surface area is 92.5 Å². The quantitative estimate of drug-likeness (QED) is 0.690. The molecule has 1 atom stereocenters. The first-order chi connectivity index (χ1) is 7.68. The second-order valence-electron chi connectivity index (χ2n) is 3.80. The summed E-state index contributed by atoms with van der Waals surface area (Å²) >= 11 is 0. The number of carbonyl (C=O) groups excluding carboxylic acids is 1. The molecule has 0 radical (unpaired) electrons. The van der Waals surface area contributed by atoms with E-state index in [-0.39, 0.29) is 17.4 Å². The van der Waals surface area contributed by atoms with Gasteiger partial charge in [-0.25, -0.2) is 4.39 Å². The Morgan fingerprint density at radius 1 is 1.56 bits per heavy atom. The molecule has 2 rings (SSSR count). The van der Waals surface area contributed by atoms with Gasteiger partial charge < -0.3 is 15.7 Å². The number of amides is 1. The Balaban J connectivity index is 2.13. The van der Waals surface area contributed by atoms with Gasteiger partial charge in [0.15, 0.2) is 0 Å². The molecule has 0 aromatic heterocycles. The highest BCUT2D eigenvalue weighted by atomic mass is 19.1. The molecule has 0 bridgehead atoms. The summed E-state index contributed by atoms with van der Waals surface area (Å²) in [5.74, 6) is -1.60. The van der Waals surface area contributed by atoms with E-state index in [1.54, 1.807) is 0 Å². The van der Waals surface area contributed by atoms with Crippen LogP contribution >= 0.6 is 0 Å². The van der Waals surface area contributed by atoms with Crippen LogP contribution in [0, 0.1) is 5.82 Å². The van der Waals surface area contributed by atoms with Crippen LogP contribution in [-0.4, -0.2) is 30.1 Å². The topological polar surface area (TPSA) is 61.4 Å². The molecule has 1 saturated heterocycles. The lowest BCUT2D eigenvalue weighted by atomic mass is 10.1. The second-order valence-corrected chi connectivity index (χ2v) is 3.80. The number of phenols is 1. The average molecular weight is 224 g/mol. The van der Waals surface area contributed by atoms with Crippen LogP contribution in [0.15, 0.2) is 18.2 Å². The minimum atomic E-state index is -0.705. The summed E-state index contributed by atoms with van der Waals surface area (Å²) in [5, 5.41) is 15.2. The lowest BCUT2D eigenvalue weighted by Crippen LogP contribution is -2.36. The Morgan fingerprint density at radius 2 is 2.38 bits per heavy atom. The van der Waals surface area contributed by atoms with Crippen LogP contribution in [0.3, 0.4) is 0 Å². The molecule has 86 valence electrons. The molecule has 0 aliphatic carbocycles. The van der Waals surface area contributed by atoms with Gasteiger partial charge in [-0.15, -0.1) is 0 Å². The summed E-state index contributed by atoms with van der Waals surface area (Å²) in [6.45, 7) is 1.52. The van der Waals surface area contributed by atoms with Gasteiger partial charge in [0.25, 0.3) is 5.91 Å². The summed E-state index contributed by atoms with van der Waals surface area (Å²) < 4.78 is 13.3. The molecular formula is C11H13FN2O2. The van der Waals surface area contributed by atoms with Gasteiger partial charge >= 0.3 is 0 Å². The number of hydrogen-bond donors (Lipinski definition) is 3. The molecule has 1 unspecified atom stereocenters. The highest BCUT2D eigenvalue weighted by Crippen LogP contribution is 2.19. The third kappa shape index (κ3) is 2.14. The lowest BCUT2D eigenvalue weighted by Gasteiger charge is -2.12. The maximum atomic E-state index is 13.3. The number of nitrogens with one attached hydrogen (secondary N) is 2. The smallest absolute Gasteiger partial charge is 0.258 e. The third-order valence-electron chi connectivity index (χ3n) is 2.61. The van der Waals surface area contributed by atoms with Crippen LogP contribution in [0.1, 0.15) is 16.8 Å². The fourth-order valence-electron chi connectivity index (χ4n) is 1.77. The largest absolute Gasteiger partial charge is 0.507 e.